The van der Waals surface area contributed by atoms with Gasteiger partial charge in [-0.15, -0.1) is 0 Å². The van der Waals surface area contributed by atoms with Crippen LogP contribution >= 0.6 is 11.8 Å². The van der Waals surface area contributed by atoms with Crippen molar-refractivity contribution in [3.8, 4) is 5.75 Å². The first kappa shape index (κ1) is 14.3. The van der Waals surface area contributed by atoms with Gasteiger partial charge in [0.1, 0.15) is 5.75 Å². The number of benzene rings is 2. The third-order valence-corrected chi connectivity index (χ3v) is 5.83. The molecule has 0 radical (unpaired) electrons. The maximum absolute atomic E-state index is 12.3. The molecule has 1 aliphatic rings. The Labute approximate surface area is 128 Å². The summed E-state index contributed by atoms with van der Waals surface area (Å²) < 4.78 is 0.197. The fraction of sp³-hybridized carbons (Fsp3) is 0.353. The average Bonchev–Trinajstić information content (AvgIpc) is 2.47. The molecule has 2 aromatic carbocycles. The van der Waals surface area contributed by atoms with Crippen LogP contribution < -0.4 is 5.32 Å². The van der Waals surface area contributed by atoms with E-state index >= 15 is 0 Å². The predicted octanol–water partition coefficient (Wildman–Crippen LogP) is 3.56. The highest BCUT2D eigenvalue weighted by molar-refractivity contribution is 8.00. The molecule has 1 fully saturated rings. The van der Waals surface area contributed by atoms with Crippen LogP contribution in [0.15, 0.2) is 36.4 Å². The highest BCUT2D eigenvalue weighted by Crippen LogP contribution is 2.42. The van der Waals surface area contributed by atoms with Crippen LogP contribution in [0.4, 0.5) is 0 Å². The molecule has 1 aliphatic carbocycles. The van der Waals surface area contributed by atoms with Crippen molar-refractivity contribution in [2.75, 3.05) is 12.8 Å². The number of phenols is 1. The number of nitrogens with one attached hydrogen (secondary N) is 1. The summed E-state index contributed by atoms with van der Waals surface area (Å²) in [4.78, 5) is 12.3. The molecule has 21 heavy (non-hydrogen) atoms. The number of phenolic OH excluding ortho intramolecular Hbond substituents is 1. The Morgan fingerprint density at radius 3 is 2.71 bits per heavy atom. The van der Waals surface area contributed by atoms with Gasteiger partial charge in [-0.25, -0.2) is 0 Å². The highest BCUT2D eigenvalue weighted by Gasteiger charge is 2.36. The SMILES string of the molecule is CSC1(CNC(=O)c2ccc3ccccc3c2O)CCC1. The molecule has 2 aromatic rings. The average molecular weight is 301 g/mol. The molecule has 1 saturated carbocycles. The van der Waals surface area contributed by atoms with Crippen LogP contribution in [0.3, 0.4) is 0 Å². The first-order valence-electron chi connectivity index (χ1n) is 7.19. The van der Waals surface area contributed by atoms with Gasteiger partial charge in [0.25, 0.3) is 5.91 Å². The van der Waals surface area contributed by atoms with Crippen LogP contribution in [0.5, 0.6) is 5.75 Å². The lowest BCUT2D eigenvalue weighted by molar-refractivity contribution is 0.0941. The largest absolute Gasteiger partial charge is 0.506 e. The van der Waals surface area contributed by atoms with Gasteiger partial charge in [-0.05, 0) is 30.6 Å². The maximum atomic E-state index is 12.3. The van der Waals surface area contributed by atoms with Crippen molar-refractivity contribution in [1.29, 1.82) is 0 Å². The molecule has 2 N–H and O–H groups in total. The minimum absolute atomic E-state index is 0.0670. The molecule has 0 atom stereocenters. The van der Waals surface area contributed by atoms with Crippen molar-refractivity contribution in [3.63, 3.8) is 0 Å². The van der Waals surface area contributed by atoms with Crippen LogP contribution in [-0.4, -0.2) is 28.6 Å². The van der Waals surface area contributed by atoms with Gasteiger partial charge in [0.15, 0.2) is 0 Å². The normalized spacial score (nSPS) is 16.4. The second-order valence-electron chi connectivity index (χ2n) is 5.61. The Hall–Kier alpha value is -1.68. The van der Waals surface area contributed by atoms with E-state index in [1.807, 2.05) is 42.1 Å². The van der Waals surface area contributed by atoms with Crippen molar-refractivity contribution < 1.29 is 9.90 Å². The molecule has 3 rings (SSSR count). The van der Waals surface area contributed by atoms with Crippen molar-refractivity contribution >= 4 is 28.4 Å². The van der Waals surface area contributed by atoms with Gasteiger partial charge in [-0.2, -0.15) is 11.8 Å². The molecule has 0 heterocycles. The van der Waals surface area contributed by atoms with Gasteiger partial charge in [0.05, 0.1) is 5.56 Å². The van der Waals surface area contributed by atoms with Crippen molar-refractivity contribution in [2.24, 2.45) is 0 Å². The molecule has 0 saturated heterocycles. The second-order valence-corrected chi connectivity index (χ2v) is 6.88. The summed E-state index contributed by atoms with van der Waals surface area (Å²) in [6.07, 6.45) is 5.63. The first-order valence-corrected chi connectivity index (χ1v) is 8.42. The molecule has 0 unspecified atom stereocenters. The number of amides is 1. The van der Waals surface area contributed by atoms with Crippen molar-refractivity contribution in [2.45, 2.75) is 24.0 Å². The van der Waals surface area contributed by atoms with E-state index in [9.17, 15) is 9.90 Å². The maximum Gasteiger partial charge on any atom is 0.255 e. The van der Waals surface area contributed by atoms with Crippen molar-refractivity contribution in [1.82, 2.24) is 5.32 Å². The number of carbonyl (C=O) groups is 1. The highest BCUT2D eigenvalue weighted by atomic mass is 32.2. The summed E-state index contributed by atoms with van der Waals surface area (Å²) in [5, 5.41) is 14.9. The third kappa shape index (κ3) is 2.60. The van der Waals surface area contributed by atoms with E-state index in [2.05, 4.69) is 11.6 Å². The Kier molecular flexibility index (Phi) is 3.81. The Morgan fingerprint density at radius 2 is 2.05 bits per heavy atom. The summed E-state index contributed by atoms with van der Waals surface area (Å²) in [5.74, 6) is -0.129. The van der Waals surface area contributed by atoms with E-state index in [-0.39, 0.29) is 16.4 Å². The smallest absolute Gasteiger partial charge is 0.255 e. The molecule has 0 bridgehead atoms. The predicted molar refractivity (Wildman–Crippen MR) is 88.0 cm³/mol. The van der Waals surface area contributed by atoms with E-state index in [0.29, 0.717) is 17.5 Å². The van der Waals surface area contributed by atoms with Crippen LogP contribution in [0.1, 0.15) is 29.6 Å². The number of fused-ring (bicyclic) bond motifs is 1. The van der Waals surface area contributed by atoms with Crippen LogP contribution in [0, 0.1) is 0 Å². The van der Waals surface area contributed by atoms with Crippen molar-refractivity contribution in [3.05, 3.63) is 42.0 Å². The van der Waals surface area contributed by atoms with Gasteiger partial charge >= 0.3 is 0 Å². The summed E-state index contributed by atoms with van der Waals surface area (Å²) in [7, 11) is 0. The minimum atomic E-state index is -0.196. The van der Waals surface area contributed by atoms with Gasteiger partial charge in [-0.1, -0.05) is 36.8 Å². The Morgan fingerprint density at radius 1 is 1.29 bits per heavy atom. The summed E-state index contributed by atoms with van der Waals surface area (Å²) in [5.41, 5.74) is 0.351. The standard InChI is InChI=1S/C17H19NO2S/c1-21-17(9-4-10-17)11-18-16(20)14-8-7-12-5-2-3-6-13(12)15(14)19/h2-3,5-8,19H,4,9-11H2,1H3,(H,18,20). The van der Waals surface area contributed by atoms with Crippen LogP contribution in [0.25, 0.3) is 10.8 Å². The summed E-state index contributed by atoms with van der Waals surface area (Å²) in [6, 6.07) is 11.1. The molecular formula is C17H19NO2S. The third-order valence-electron chi connectivity index (χ3n) is 4.41. The number of thioether (sulfide) groups is 1. The zero-order chi connectivity index (χ0) is 14.9. The second kappa shape index (κ2) is 5.60. The molecule has 0 spiro atoms. The number of rotatable bonds is 4. The lowest BCUT2D eigenvalue weighted by Crippen LogP contribution is -2.45. The zero-order valence-electron chi connectivity index (χ0n) is 12.1. The van der Waals surface area contributed by atoms with Gasteiger partial charge < -0.3 is 10.4 Å². The lowest BCUT2D eigenvalue weighted by atomic mass is 9.84. The molecule has 0 aliphatic heterocycles. The van der Waals surface area contributed by atoms with E-state index in [0.717, 1.165) is 18.2 Å². The van der Waals surface area contributed by atoms with Crippen LogP contribution in [-0.2, 0) is 0 Å². The zero-order valence-corrected chi connectivity index (χ0v) is 12.9. The van der Waals surface area contributed by atoms with E-state index in [4.69, 9.17) is 0 Å². The van der Waals surface area contributed by atoms with Gasteiger partial charge in [-0.3, -0.25) is 4.79 Å². The number of hydrogen-bond donors (Lipinski definition) is 2. The van der Waals surface area contributed by atoms with Crippen LogP contribution in [0.2, 0.25) is 0 Å². The topological polar surface area (TPSA) is 49.3 Å². The number of hydrogen-bond acceptors (Lipinski definition) is 3. The fourth-order valence-corrected chi connectivity index (χ4v) is 3.71. The fourth-order valence-electron chi connectivity index (χ4n) is 2.80. The van der Waals surface area contributed by atoms with Gasteiger partial charge in [0.2, 0.25) is 0 Å². The Balaban J connectivity index is 1.80. The molecule has 110 valence electrons. The molecule has 0 aromatic heterocycles. The van der Waals surface area contributed by atoms with E-state index in [1.54, 1.807) is 6.07 Å². The number of carbonyl (C=O) groups excluding carboxylic acids is 1. The summed E-state index contributed by atoms with van der Waals surface area (Å²) >= 11 is 1.83. The monoisotopic (exact) mass is 301 g/mol. The first-order chi connectivity index (χ1) is 10.2. The molecule has 3 nitrogen and oxygen atoms in total. The summed E-state index contributed by atoms with van der Waals surface area (Å²) in [6.45, 7) is 0.666. The van der Waals surface area contributed by atoms with Gasteiger partial charge in [0, 0.05) is 16.7 Å². The molecule has 1 amide bonds. The lowest BCUT2D eigenvalue weighted by Gasteiger charge is -2.40. The minimum Gasteiger partial charge on any atom is -0.506 e. The molecular weight excluding hydrogens is 282 g/mol. The van der Waals surface area contributed by atoms with E-state index < -0.39 is 0 Å². The molecule has 4 heteroatoms. The quantitative estimate of drug-likeness (QED) is 0.908. The Bertz CT molecular complexity index is 674. The van der Waals surface area contributed by atoms with E-state index in [1.165, 1.54) is 6.42 Å². The number of aromatic hydroxyl groups is 1.